The van der Waals surface area contributed by atoms with Crippen molar-refractivity contribution >= 4 is 23.4 Å². The Morgan fingerprint density at radius 2 is 1.74 bits per heavy atom. The third-order valence-corrected chi connectivity index (χ3v) is 4.94. The summed E-state index contributed by atoms with van der Waals surface area (Å²) in [6.45, 7) is 7.10. The highest BCUT2D eigenvalue weighted by Gasteiger charge is 2.20. The summed E-state index contributed by atoms with van der Waals surface area (Å²) >= 11 is 0. The Labute approximate surface area is 179 Å². The van der Waals surface area contributed by atoms with E-state index in [2.05, 4.69) is 15.6 Å². The molecule has 1 aromatic carbocycles. The first kappa shape index (κ1) is 21.8. The summed E-state index contributed by atoms with van der Waals surface area (Å²) in [4.78, 5) is 42.1. The maximum Gasteiger partial charge on any atom is 0.340 e. The first-order valence-electron chi connectivity index (χ1n) is 9.82. The predicted molar refractivity (Wildman–Crippen MR) is 118 cm³/mol. The molecule has 31 heavy (non-hydrogen) atoms. The van der Waals surface area contributed by atoms with E-state index in [-0.39, 0.29) is 23.4 Å². The van der Waals surface area contributed by atoms with Crippen LogP contribution in [0.4, 0.5) is 16.2 Å². The van der Waals surface area contributed by atoms with Crippen molar-refractivity contribution in [1.82, 2.24) is 14.3 Å². The van der Waals surface area contributed by atoms with Crippen LogP contribution in [0.3, 0.4) is 0 Å². The van der Waals surface area contributed by atoms with Crippen molar-refractivity contribution in [3.8, 4) is 5.69 Å². The molecule has 0 saturated carbocycles. The average molecular weight is 423 g/mol. The summed E-state index contributed by atoms with van der Waals surface area (Å²) in [6.07, 6.45) is 0. The number of nitrogens with zero attached hydrogens (tertiary/aromatic N) is 3. The molecule has 3 aromatic rings. The fraction of sp³-hybridized carbons (Fsp3) is 0.273. The van der Waals surface area contributed by atoms with Gasteiger partial charge in [0, 0.05) is 7.05 Å². The van der Waals surface area contributed by atoms with E-state index in [1.54, 1.807) is 39.4 Å². The van der Waals surface area contributed by atoms with Crippen LogP contribution in [0.25, 0.3) is 5.69 Å². The Kier molecular flexibility index (Phi) is 6.24. The second kappa shape index (κ2) is 8.86. The Balaban J connectivity index is 1.88. The van der Waals surface area contributed by atoms with Crippen LogP contribution in [0.1, 0.15) is 34.4 Å². The van der Waals surface area contributed by atoms with Gasteiger partial charge in [0.05, 0.1) is 40.6 Å². The topological polar surface area (TPSA) is 107 Å². The highest BCUT2D eigenvalue weighted by atomic mass is 16.5. The molecule has 0 spiro atoms. The standard InChI is InChI=1S/C22H25N5O4/c1-6-31-21(29)17-12-18(14(3)23-13(17)2)24-22(30)25-19-15(4)26(5)27(20(19)28)16-10-8-7-9-11-16/h7-12H,6H2,1-5H3,(H2,24,25,30). The van der Waals surface area contributed by atoms with Gasteiger partial charge in [-0.05, 0) is 45.9 Å². The van der Waals surface area contributed by atoms with E-state index < -0.39 is 12.0 Å². The van der Waals surface area contributed by atoms with Crippen molar-refractivity contribution < 1.29 is 14.3 Å². The number of pyridine rings is 1. The number of ether oxygens (including phenoxy) is 1. The highest BCUT2D eigenvalue weighted by Crippen LogP contribution is 2.20. The van der Waals surface area contributed by atoms with Crippen LogP contribution >= 0.6 is 0 Å². The number of amides is 2. The number of esters is 1. The monoisotopic (exact) mass is 423 g/mol. The fourth-order valence-corrected chi connectivity index (χ4v) is 3.25. The van der Waals surface area contributed by atoms with Crippen LogP contribution in [0.2, 0.25) is 0 Å². The van der Waals surface area contributed by atoms with E-state index in [1.165, 1.54) is 10.7 Å². The molecule has 2 N–H and O–H groups in total. The summed E-state index contributed by atoms with van der Waals surface area (Å²) in [5.74, 6) is -0.513. The summed E-state index contributed by atoms with van der Waals surface area (Å²) in [7, 11) is 1.74. The van der Waals surface area contributed by atoms with Crippen molar-refractivity contribution in [3.05, 3.63) is 69.4 Å². The van der Waals surface area contributed by atoms with E-state index in [1.807, 2.05) is 30.3 Å². The van der Waals surface area contributed by atoms with Gasteiger partial charge in [0.15, 0.2) is 0 Å². The minimum absolute atomic E-state index is 0.159. The molecular formula is C22H25N5O4. The number of anilines is 2. The molecule has 0 atom stereocenters. The minimum atomic E-state index is -0.616. The van der Waals surface area contributed by atoms with Crippen LogP contribution in [-0.2, 0) is 11.8 Å². The number of nitrogens with one attached hydrogen (secondary N) is 2. The zero-order valence-corrected chi connectivity index (χ0v) is 18.1. The first-order chi connectivity index (χ1) is 14.7. The highest BCUT2D eigenvalue weighted by molar-refractivity contribution is 6.01. The number of hydrogen-bond acceptors (Lipinski definition) is 5. The quantitative estimate of drug-likeness (QED) is 0.612. The molecule has 0 aliphatic rings. The zero-order chi connectivity index (χ0) is 22.7. The van der Waals surface area contributed by atoms with E-state index in [0.717, 1.165) is 0 Å². The lowest BCUT2D eigenvalue weighted by Crippen LogP contribution is -2.26. The fourth-order valence-electron chi connectivity index (χ4n) is 3.25. The first-order valence-corrected chi connectivity index (χ1v) is 9.82. The molecule has 162 valence electrons. The molecule has 0 saturated heterocycles. The maximum atomic E-state index is 13.0. The summed E-state index contributed by atoms with van der Waals surface area (Å²) in [5, 5.41) is 5.29. The predicted octanol–water partition coefficient (Wildman–Crippen LogP) is 3.32. The normalized spacial score (nSPS) is 10.6. The third kappa shape index (κ3) is 4.35. The van der Waals surface area contributed by atoms with Crippen molar-refractivity contribution in [1.29, 1.82) is 0 Å². The van der Waals surface area contributed by atoms with Gasteiger partial charge in [0.2, 0.25) is 0 Å². The number of aromatic nitrogens is 3. The number of para-hydroxylation sites is 1. The molecule has 0 aliphatic carbocycles. The molecule has 2 amide bonds. The van der Waals surface area contributed by atoms with Gasteiger partial charge < -0.3 is 15.4 Å². The molecule has 0 aliphatic heterocycles. The van der Waals surface area contributed by atoms with Gasteiger partial charge in [-0.2, -0.15) is 0 Å². The lowest BCUT2D eigenvalue weighted by Gasteiger charge is -2.12. The molecule has 2 heterocycles. The van der Waals surface area contributed by atoms with E-state index in [9.17, 15) is 14.4 Å². The summed E-state index contributed by atoms with van der Waals surface area (Å²) in [5.41, 5.74) is 2.74. The largest absolute Gasteiger partial charge is 0.462 e. The summed E-state index contributed by atoms with van der Waals surface area (Å²) < 4.78 is 8.19. The molecule has 0 bridgehead atoms. The number of carbonyl (C=O) groups excluding carboxylic acids is 2. The molecular weight excluding hydrogens is 398 g/mol. The van der Waals surface area contributed by atoms with Gasteiger partial charge >= 0.3 is 12.0 Å². The summed E-state index contributed by atoms with van der Waals surface area (Å²) in [6, 6.07) is 10.0. The molecule has 0 unspecified atom stereocenters. The van der Waals surface area contributed by atoms with Crippen LogP contribution in [0, 0.1) is 20.8 Å². The second-order valence-electron chi connectivity index (χ2n) is 6.99. The number of hydrogen-bond donors (Lipinski definition) is 2. The molecule has 9 nitrogen and oxygen atoms in total. The van der Waals surface area contributed by atoms with Gasteiger partial charge in [-0.1, -0.05) is 18.2 Å². The molecule has 0 radical (unpaired) electrons. The van der Waals surface area contributed by atoms with Crippen molar-refractivity contribution in [3.63, 3.8) is 0 Å². The number of benzene rings is 1. The van der Waals surface area contributed by atoms with E-state index in [4.69, 9.17) is 4.74 Å². The van der Waals surface area contributed by atoms with Gasteiger partial charge in [0.1, 0.15) is 5.69 Å². The van der Waals surface area contributed by atoms with Gasteiger partial charge in [-0.25, -0.2) is 14.3 Å². The Hall–Kier alpha value is -3.88. The van der Waals surface area contributed by atoms with Crippen molar-refractivity contribution in [2.24, 2.45) is 7.05 Å². The van der Waals surface area contributed by atoms with Crippen LogP contribution in [-0.4, -0.2) is 33.0 Å². The van der Waals surface area contributed by atoms with Gasteiger partial charge in [0.25, 0.3) is 5.56 Å². The Morgan fingerprint density at radius 1 is 1.06 bits per heavy atom. The maximum absolute atomic E-state index is 13.0. The molecule has 9 heteroatoms. The van der Waals surface area contributed by atoms with E-state index in [0.29, 0.717) is 28.5 Å². The van der Waals surface area contributed by atoms with Crippen molar-refractivity contribution in [2.45, 2.75) is 27.7 Å². The molecule has 3 rings (SSSR count). The van der Waals surface area contributed by atoms with Gasteiger partial charge in [-0.3, -0.25) is 14.5 Å². The van der Waals surface area contributed by atoms with Crippen LogP contribution in [0.15, 0.2) is 41.2 Å². The van der Waals surface area contributed by atoms with Crippen LogP contribution in [0.5, 0.6) is 0 Å². The third-order valence-electron chi connectivity index (χ3n) is 4.94. The molecule has 0 fully saturated rings. The SMILES string of the molecule is CCOC(=O)c1cc(NC(=O)Nc2c(C)n(C)n(-c3ccccc3)c2=O)c(C)nc1C. The van der Waals surface area contributed by atoms with Crippen LogP contribution < -0.4 is 16.2 Å². The second-order valence-corrected chi connectivity index (χ2v) is 6.99. The number of aryl methyl sites for hydroxylation is 2. The Morgan fingerprint density at radius 3 is 2.39 bits per heavy atom. The minimum Gasteiger partial charge on any atom is -0.462 e. The number of rotatable bonds is 5. The zero-order valence-electron chi connectivity index (χ0n) is 18.1. The Bertz CT molecular complexity index is 1190. The average Bonchev–Trinajstić information content (AvgIpc) is 2.94. The van der Waals surface area contributed by atoms with Gasteiger partial charge in [-0.15, -0.1) is 0 Å². The number of carbonyl (C=O) groups is 2. The lowest BCUT2D eigenvalue weighted by molar-refractivity contribution is 0.0525. The van der Waals surface area contributed by atoms with E-state index >= 15 is 0 Å². The molecule has 2 aromatic heterocycles. The number of urea groups is 1. The smallest absolute Gasteiger partial charge is 0.340 e. The van der Waals surface area contributed by atoms with Crippen molar-refractivity contribution in [2.75, 3.05) is 17.2 Å². The lowest BCUT2D eigenvalue weighted by atomic mass is 10.1.